The van der Waals surface area contributed by atoms with Crippen molar-refractivity contribution in [1.29, 1.82) is 0 Å². The number of hydrogen-bond donors (Lipinski definition) is 1. The molecule has 1 aliphatic heterocycles. The predicted molar refractivity (Wildman–Crippen MR) is 88.7 cm³/mol. The van der Waals surface area contributed by atoms with E-state index in [4.69, 9.17) is 0 Å². The highest BCUT2D eigenvalue weighted by Gasteiger charge is 2.34. The molecule has 0 bridgehead atoms. The highest BCUT2D eigenvalue weighted by molar-refractivity contribution is 5.29. The fraction of sp³-hybridized carbons (Fsp3) is 0.667. The number of nitrogens with zero attached hydrogens (tertiary/aromatic N) is 2. The molecule has 1 fully saturated rings. The van der Waals surface area contributed by atoms with Crippen LogP contribution in [0.4, 0.5) is 13.2 Å². The van der Waals surface area contributed by atoms with Crippen molar-refractivity contribution < 1.29 is 18.3 Å². The summed E-state index contributed by atoms with van der Waals surface area (Å²) < 4.78 is 38.6. The van der Waals surface area contributed by atoms with Crippen LogP contribution in [0.15, 0.2) is 24.3 Å². The van der Waals surface area contributed by atoms with Crippen molar-refractivity contribution in [2.24, 2.45) is 5.92 Å². The lowest BCUT2D eigenvalue weighted by atomic mass is 9.93. The van der Waals surface area contributed by atoms with E-state index in [1.807, 2.05) is 0 Å². The number of rotatable bonds is 6. The van der Waals surface area contributed by atoms with Gasteiger partial charge in [-0.3, -0.25) is 4.90 Å². The van der Waals surface area contributed by atoms with Crippen LogP contribution >= 0.6 is 0 Å². The molecule has 24 heavy (non-hydrogen) atoms. The van der Waals surface area contributed by atoms with Crippen LogP contribution in [0.3, 0.4) is 0 Å². The molecule has 0 aliphatic carbocycles. The zero-order valence-corrected chi connectivity index (χ0v) is 14.6. The van der Waals surface area contributed by atoms with Crippen LogP contribution in [0.1, 0.15) is 31.4 Å². The third kappa shape index (κ3) is 4.94. The Bertz CT molecular complexity index is 545. The highest BCUT2D eigenvalue weighted by atomic mass is 19.4. The van der Waals surface area contributed by atoms with E-state index in [0.717, 1.165) is 44.7 Å². The van der Waals surface area contributed by atoms with Gasteiger partial charge in [0.05, 0.1) is 11.2 Å². The second kappa shape index (κ2) is 7.42. The number of aliphatic hydroxyl groups is 1. The Balaban J connectivity index is 2.01. The van der Waals surface area contributed by atoms with Crippen molar-refractivity contribution in [3.63, 3.8) is 0 Å². The Kier molecular flexibility index (Phi) is 5.94. The standard InChI is InChI=1S/C18H27F3N2O/c1-4-22(3)11-14-8-9-23(12-14)13-17(2,24)15-6-5-7-16(10-15)18(19,20)21/h5-7,10,14,24H,4,8-9,11-13H2,1-3H3. The number of β-amino-alcohol motifs (C(OH)–C–C–N with tert-alkyl or cyclic N) is 1. The second-order valence-corrected chi connectivity index (χ2v) is 7.10. The molecule has 6 heteroatoms. The van der Waals surface area contributed by atoms with Crippen LogP contribution in [0.25, 0.3) is 0 Å². The summed E-state index contributed by atoms with van der Waals surface area (Å²) >= 11 is 0. The molecule has 2 atom stereocenters. The Morgan fingerprint density at radius 3 is 2.58 bits per heavy atom. The van der Waals surface area contributed by atoms with Gasteiger partial charge in [0.25, 0.3) is 0 Å². The van der Waals surface area contributed by atoms with E-state index in [9.17, 15) is 18.3 Å². The monoisotopic (exact) mass is 344 g/mol. The van der Waals surface area contributed by atoms with E-state index >= 15 is 0 Å². The smallest absolute Gasteiger partial charge is 0.384 e. The first-order valence-corrected chi connectivity index (χ1v) is 8.43. The predicted octanol–water partition coefficient (Wildman–Crippen LogP) is 3.19. The van der Waals surface area contributed by atoms with Gasteiger partial charge in [0.1, 0.15) is 0 Å². The van der Waals surface area contributed by atoms with Gasteiger partial charge >= 0.3 is 6.18 Å². The zero-order valence-electron chi connectivity index (χ0n) is 14.6. The largest absolute Gasteiger partial charge is 0.416 e. The summed E-state index contributed by atoms with van der Waals surface area (Å²) in [6.07, 6.45) is -3.33. The minimum Gasteiger partial charge on any atom is -0.384 e. The molecule has 1 aliphatic rings. The summed E-state index contributed by atoms with van der Waals surface area (Å²) in [4.78, 5) is 4.41. The third-order valence-electron chi connectivity index (χ3n) is 4.82. The molecule has 1 aromatic carbocycles. The molecule has 2 rings (SSSR count). The van der Waals surface area contributed by atoms with E-state index in [-0.39, 0.29) is 0 Å². The zero-order chi connectivity index (χ0) is 18.0. The fourth-order valence-electron chi connectivity index (χ4n) is 3.33. The van der Waals surface area contributed by atoms with E-state index < -0.39 is 17.3 Å². The van der Waals surface area contributed by atoms with Gasteiger partial charge in [0.15, 0.2) is 0 Å². The molecule has 1 aromatic rings. The van der Waals surface area contributed by atoms with Crippen molar-refractivity contribution in [3.8, 4) is 0 Å². The summed E-state index contributed by atoms with van der Waals surface area (Å²) in [7, 11) is 2.08. The lowest BCUT2D eigenvalue weighted by Crippen LogP contribution is -2.38. The van der Waals surface area contributed by atoms with Gasteiger partial charge in [-0.15, -0.1) is 0 Å². The van der Waals surface area contributed by atoms with Crippen LogP contribution in [0.2, 0.25) is 0 Å². The molecule has 1 saturated heterocycles. The van der Waals surface area contributed by atoms with E-state index in [1.165, 1.54) is 6.07 Å². The average Bonchev–Trinajstić information content (AvgIpc) is 2.92. The van der Waals surface area contributed by atoms with Gasteiger partial charge in [-0.25, -0.2) is 0 Å². The molecular formula is C18H27F3N2O. The van der Waals surface area contributed by atoms with Crippen molar-refractivity contribution >= 4 is 0 Å². The molecule has 0 amide bonds. The maximum Gasteiger partial charge on any atom is 0.416 e. The van der Waals surface area contributed by atoms with Gasteiger partial charge in [-0.2, -0.15) is 13.2 Å². The fourth-order valence-corrected chi connectivity index (χ4v) is 3.33. The van der Waals surface area contributed by atoms with Gasteiger partial charge in [0, 0.05) is 19.6 Å². The SMILES string of the molecule is CCN(C)CC1CCN(CC(C)(O)c2cccc(C(F)(F)F)c2)C1. The van der Waals surface area contributed by atoms with Crippen molar-refractivity contribution in [3.05, 3.63) is 35.4 Å². The van der Waals surface area contributed by atoms with E-state index in [1.54, 1.807) is 13.0 Å². The number of halogens is 3. The van der Waals surface area contributed by atoms with Crippen molar-refractivity contribution in [2.75, 3.05) is 39.8 Å². The maximum absolute atomic E-state index is 12.9. The van der Waals surface area contributed by atoms with E-state index in [0.29, 0.717) is 18.0 Å². The molecule has 2 unspecified atom stereocenters. The van der Waals surface area contributed by atoms with Gasteiger partial charge < -0.3 is 10.0 Å². The summed E-state index contributed by atoms with van der Waals surface area (Å²) in [6.45, 7) is 7.81. The number of hydrogen-bond acceptors (Lipinski definition) is 3. The lowest BCUT2D eigenvalue weighted by Gasteiger charge is -2.30. The molecule has 1 N–H and O–H groups in total. The normalized spacial score (nSPS) is 22.1. The molecule has 1 heterocycles. The second-order valence-electron chi connectivity index (χ2n) is 7.10. The number of likely N-dealkylation sites (tertiary alicyclic amines) is 1. The summed E-state index contributed by atoms with van der Waals surface area (Å²) in [5.41, 5.74) is -1.71. The molecule has 3 nitrogen and oxygen atoms in total. The molecular weight excluding hydrogens is 317 g/mol. The van der Waals surface area contributed by atoms with Crippen LogP contribution in [-0.4, -0.2) is 54.7 Å². The molecule has 136 valence electrons. The van der Waals surface area contributed by atoms with Crippen LogP contribution in [0.5, 0.6) is 0 Å². The maximum atomic E-state index is 12.9. The third-order valence-corrected chi connectivity index (χ3v) is 4.82. The van der Waals surface area contributed by atoms with Gasteiger partial charge in [-0.05, 0) is 57.1 Å². The van der Waals surface area contributed by atoms with Gasteiger partial charge in [0.2, 0.25) is 0 Å². The molecule has 0 aromatic heterocycles. The first-order valence-electron chi connectivity index (χ1n) is 8.43. The summed E-state index contributed by atoms with van der Waals surface area (Å²) in [5, 5.41) is 10.7. The van der Waals surface area contributed by atoms with Crippen LogP contribution in [-0.2, 0) is 11.8 Å². The summed E-state index contributed by atoms with van der Waals surface area (Å²) in [5.74, 6) is 0.548. The Labute approximate surface area is 142 Å². The topological polar surface area (TPSA) is 26.7 Å². The molecule has 0 radical (unpaired) electrons. The Morgan fingerprint density at radius 2 is 1.96 bits per heavy atom. The molecule has 0 spiro atoms. The highest BCUT2D eigenvalue weighted by Crippen LogP contribution is 2.33. The quantitative estimate of drug-likeness (QED) is 0.859. The van der Waals surface area contributed by atoms with Crippen LogP contribution in [0, 0.1) is 5.92 Å². The van der Waals surface area contributed by atoms with Crippen molar-refractivity contribution in [2.45, 2.75) is 32.0 Å². The average molecular weight is 344 g/mol. The molecule has 0 saturated carbocycles. The minimum atomic E-state index is -4.39. The first-order chi connectivity index (χ1) is 11.1. The number of alkyl halides is 3. The van der Waals surface area contributed by atoms with Gasteiger partial charge in [-0.1, -0.05) is 19.1 Å². The minimum absolute atomic E-state index is 0.312. The Hall–Kier alpha value is -1.11. The number of benzene rings is 1. The van der Waals surface area contributed by atoms with Crippen molar-refractivity contribution in [1.82, 2.24) is 9.80 Å². The first kappa shape index (κ1) is 19.2. The lowest BCUT2D eigenvalue weighted by molar-refractivity contribution is -0.137. The summed E-state index contributed by atoms with van der Waals surface area (Å²) in [6, 6.07) is 5.01. The van der Waals surface area contributed by atoms with E-state index in [2.05, 4.69) is 23.8 Å². The van der Waals surface area contributed by atoms with Crippen LogP contribution < -0.4 is 0 Å². The Morgan fingerprint density at radius 1 is 1.29 bits per heavy atom.